The highest BCUT2D eigenvalue weighted by atomic mass is 16.5. The number of methoxy groups -OCH3 is 1. The summed E-state index contributed by atoms with van der Waals surface area (Å²) in [7, 11) is 1.64. The predicted molar refractivity (Wildman–Crippen MR) is 114 cm³/mol. The van der Waals surface area contributed by atoms with Gasteiger partial charge in [-0.05, 0) is 74.6 Å². The van der Waals surface area contributed by atoms with Crippen molar-refractivity contribution in [2.24, 2.45) is 5.92 Å². The maximum Gasteiger partial charge on any atom is 0.319 e. The van der Waals surface area contributed by atoms with E-state index in [1.54, 1.807) is 36.3 Å². The fourth-order valence-corrected chi connectivity index (χ4v) is 3.41. The molecule has 3 rings (SSSR count). The second kappa shape index (κ2) is 9.45. The fourth-order valence-electron chi connectivity index (χ4n) is 3.41. The minimum absolute atomic E-state index is 0.000644. The Morgan fingerprint density at radius 1 is 1.03 bits per heavy atom. The molecule has 0 radical (unpaired) electrons. The molecule has 6 heteroatoms. The molecule has 2 aromatic carbocycles. The average molecular weight is 396 g/mol. The maximum atomic E-state index is 12.5. The molecule has 1 fully saturated rings. The molecule has 1 aliphatic carbocycles. The van der Waals surface area contributed by atoms with Gasteiger partial charge in [0.15, 0.2) is 0 Å². The Kier molecular flexibility index (Phi) is 6.75. The first-order chi connectivity index (χ1) is 14.0. The normalized spacial score (nSPS) is 14.0. The number of hydrogen-bond acceptors (Lipinski definition) is 3. The Morgan fingerprint density at radius 2 is 1.66 bits per heavy atom. The average Bonchev–Trinajstić information content (AvgIpc) is 3.59. The number of nitrogens with zero attached hydrogens (tertiary/aromatic N) is 1. The molecule has 1 atom stereocenters. The van der Waals surface area contributed by atoms with Crippen LogP contribution in [0.25, 0.3) is 0 Å². The van der Waals surface area contributed by atoms with Crippen LogP contribution in [0.5, 0.6) is 5.75 Å². The SMILES string of the molecule is CCN(CC)C(=O)c1ccc(NC(=O)NC(c2ccc(OC)cc2)C2CC2)cc1. The van der Waals surface area contributed by atoms with E-state index < -0.39 is 0 Å². The lowest BCUT2D eigenvalue weighted by atomic mass is 10.0. The van der Waals surface area contributed by atoms with Gasteiger partial charge >= 0.3 is 6.03 Å². The van der Waals surface area contributed by atoms with Crippen LogP contribution in [0.2, 0.25) is 0 Å². The summed E-state index contributed by atoms with van der Waals surface area (Å²) in [6.07, 6.45) is 2.22. The Balaban J connectivity index is 1.62. The van der Waals surface area contributed by atoms with Crippen LogP contribution < -0.4 is 15.4 Å². The van der Waals surface area contributed by atoms with Gasteiger partial charge in [0.25, 0.3) is 5.91 Å². The van der Waals surface area contributed by atoms with Gasteiger partial charge in [-0.3, -0.25) is 4.79 Å². The lowest BCUT2D eigenvalue weighted by molar-refractivity contribution is 0.0773. The van der Waals surface area contributed by atoms with E-state index in [4.69, 9.17) is 4.74 Å². The van der Waals surface area contributed by atoms with Crippen molar-refractivity contribution in [1.82, 2.24) is 10.2 Å². The summed E-state index contributed by atoms with van der Waals surface area (Å²) >= 11 is 0. The molecule has 3 amide bonds. The topological polar surface area (TPSA) is 70.7 Å². The molecule has 0 saturated heterocycles. The zero-order valence-electron chi connectivity index (χ0n) is 17.3. The summed E-state index contributed by atoms with van der Waals surface area (Å²) in [5, 5.41) is 5.96. The van der Waals surface area contributed by atoms with E-state index in [0.717, 1.165) is 24.2 Å². The van der Waals surface area contributed by atoms with E-state index in [9.17, 15) is 9.59 Å². The monoisotopic (exact) mass is 395 g/mol. The lowest BCUT2D eigenvalue weighted by Crippen LogP contribution is -2.33. The molecule has 2 N–H and O–H groups in total. The first-order valence-electron chi connectivity index (χ1n) is 10.2. The number of benzene rings is 2. The van der Waals surface area contributed by atoms with Gasteiger partial charge in [-0.25, -0.2) is 4.79 Å². The summed E-state index contributed by atoms with van der Waals surface area (Å²) < 4.78 is 5.21. The van der Waals surface area contributed by atoms with Gasteiger partial charge in [0, 0.05) is 24.3 Å². The number of anilines is 1. The highest BCUT2D eigenvalue weighted by Gasteiger charge is 2.33. The summed E-state index contributed by atoms with van der Waals surface area (Å²) in [5.74, 6) is 1.26. The third-order valence-corrected chi connectivity index (χ3v) is 5.30. The van der Waals surface area contributed by atoms with Gasteiger partial charge in [0.2, 0.25) is 0 Å². The highest BCUT2D eigenvalue weighted by Crippen LogP contribution is 2.41. The Labute approximate surface area is 172 Å². The molecular weight excluding hydrogens is 366 g/mol. The van der Waals surface area contributed by atoms with Crippen LogP contribution in [0.3, 0.4) is 0 Å². The van der Waals surface area contributed by atoms with Crippen LogP contribution in [0.4, 0.5) is 10.5 Å². The number of hydrogen-bond donors (Lipinski definition) is 2. The molecule has 154 valence electrons. The van der Waals surface area contributed by atoms with Gasteiger partial charge in [0.1, 0.15) is 5.75 Å². The number of nitrogens with one attached hydrogen (secondary N) is 2. The van der Waals surface area contributed by atoms with Crippen LogP contribution in [-0.2, 0) is 0 Å². The third kappa shape index (κ3) is 5.28. The largest absolute Gasteiger partial charge is 0.497 e. The van der Waals surface area contributed by atoms with Crippen molar-refractivity contribution in [2.75, 3.05) is 25.5 Å². The number of amides is 3. The number of urea groups is 1. The fraction of sp³-hybridized carbons (Fsp3) is 0.391. The van der Waals surface area contributed by atoms with Crippen LogP contribution in [-0.4, -0.2) is 37.0 Å². The standard InChI is InChI=1S/C23H29N3O3/c1-4-26(5-2)22(27)18-8-12-19(13-9-18)24-23(28)25-21(16-6-7-16)17-10-14-20(29-3)15-11-17/h8-16,21H,4-7H2,1-3H3,(H2,24,25,28). The first-order valence-corrected chi connectivity index (χ1v) is 10.2. The summed E-state index contributed by atoms with van der Waals surface area (Å²) in [4.78, 5) is 26.7. The van der Waals surface area contributed by atoms with Crippen molar-refractivity contribution in [2.45, 2.75) is 32.7 Å². The summed E-state index contributed by atoms with van der Waals surface area (Å²) in [6, 6.07) is 14.6. The number of rotatable bonds is 8. The zero-order chi connectivity index (χ0) is 20.8. The maximum absolute atomic E-state index is 12.5. The van der Waals surface area contributed by atoms with E-state index in [1.807, 2.05) is 38.1 Å². The Hall–Kier alpha value is -3.02. The van der Waals surface area contributed by atoms with Crippen LogP contribution in [0, 0.1) is 5.92 Å². The Morgan fingerprint density at radius 3 is 2.17 bits per heavy atom. The van der Waals surface area contributed by atoms with Crippen molar-refractivity contribution in [1.29, 1.82) is 0 Å². The van der Waals surface area contributed by atoms with E-state index >= 15 is 0 Å². The highest BCUT2D eigenvalue weighted by molar-refractivity contribution is 5.95. The molecule has 2 aromatic rings. The van der Waals surface area contributed by atoms with Crippen molar-refractivity contribution in [3.05, 3.63) is 59.7 Å². The van der Waals surface area contributed by atoms with Crippen molar-refractivity contribution >= 4 is 17.6 Å². The number of carbonyl (C=O) groups is 2. The van der Waals surface area contributed by atoms with Gasteiger partial charge in [-0.15, -0.1) is 0 Å². The molecule has 0 heterocycles. The molecule has 1 aliphatic rings. The van der Waals surface area contributed by atoms with Gasteiger partial charge in [0.05, 0.1) is 13.2 Å². The molecule has 0 spiro atoms. The predicted octanol–water partition coefficient (Wildman–Crippen LogP) is 4.45. The van der Waals surface area contributed by atoms with Crippen molar-refractivity contribution in [3.8, 4) is 5.75 Å². The minimum atomic E-state index is -0.250. The molecular formula is C23H29N3O3. The van der Waals surface area contributed by atoms with E-state index in [-0.39, 0.29) is 18.0 Å². The molecule has 1 unspecified atom stereocenters. The van der Waals surface area contributed by atoms with E-state index in [1.165, 1.54) is 0 Å². The molecule has 1 saturated carbocycles. The van der Waals surface area contributed by atoms with E-state index in [2.05, 4.69) is 10.6 Å². The quantitative estimate of drug-likeness (QED) is 0.694. The van der Waals surface area contributed by atoms with E-state index in [0.29, 0.717) is 30.3 Å². The minimum Gasteiger partial charge on any atom is -0.497 e. The second-order valence-electron chi connectivity index (χ2n) is 7.24. The first kappa shape index (κ1) is 20.7. The van der Waals surface area contributed by atoms with Gasteiger partial charge in [-0.1, -0.05) is 12.1 Å². The summed E-state index contributed by atoms with van der Waals surface area (Å²) in [5.41, 5.74) is 2.35. The third-order valence-electron chi connectivity index (χ3n) is 5.30. The van der Waals surface area contributed by atoms with Gasteiger partial charge in [-0.2, -0.15) is 0 Å². The number of ether oxygens (including phenoxy) is 1. The summed E-state index contributed by atoms with van der Waals surface area (Å²) in [6.45, 7) is 5.26. The molecule has 0 aliphatic heterocycles. The van der Waals surface area contributed by atoms with Crippen LogP contribution >= 0.6 is 0 Å². The molecule has 6 nitrogen and oxygen atoms in total. The second-order valence-corrected chi connectivity index (χ2v) is 7.24. The van der Waals surface area contributed by atoms with Crippen LogP contribution in [0.15, 0.2) is 48.5 Å². The lowest BCUT2D eigenvalue weighted by Gasteiger charge is -2.20. The van der Waals surface area contributed by atoms with Crippen LogP contribution in [0.1, 0.15) is 48.7 Å². The Bertz CT molecular complexity index is 825. The van der Waals surface area contributed by atoms with Crippen molar-refractivity contribution < 1.29 is 14.3 Å². The van der Waals surface area contributed by atoms with Gasteiger partial charge < -0.3 is 20.3 Å². The molecule has 0 aromatic heterocycles. The zero-order valence-corrected chi connectivity index (χ0v) is 17.3. The molecule has 29 heavy (non-hydrogen) atoms. The van der Waals surface area contributed by atoms with Crippen molar-refractivity contribution in [3.63, 3.8) is 0 Å². The number of carbonyl (C=O) groups excluding carboxylic acids is 2. The smallest absolute Gasteiger partial charge is 0.319 e. The molecule has 0 bridgehead atoms.